The zero-order valence-electron chi connectivity index (χ0n) is 26.0. The Morgan fingerprint density at radius 2 is 1.02 bits per heavy atom. The van der Waals surface area contributed by atoms with Crippen LogP contribution in [0.25, 0.3) is 0 Å². The Balaban J connectivity index is 0.0000160. The van der Waals surface area contributed by atoms with Crippen LogP contribution in [-0.4, -0.2) is 43.4 Å². The molecule has 0 aliphatic rings. The van der Waals surface area contributed by atoms with Gasteiger partial charge in [-0.15, -0.1) is 0 Å². The van der Waals surface area contributed by atoms with Gasteiger partial charge in [-0.25, -0.2) is 18.0 Å². The van der Waals surface area contributed by atoms with E-state index < -0.39 is 33.9 Å². The number of carbonyl (C=O) groups is 2. The van der Waals surface area contributed by atoms with Crippen molar-refractivity contribution >= 4 is 22.1 Å². The van der Waals surface area contributed by atoms with Crippen LogP contribution in [0.15, 0.2) is 24.3 Å². The predicted octanol–water partition coefficient (Wildman–Crippen LogP) is 5.37. The molecule has 7 nitrogen and oxygen atoms in total. The third kappa shape index (κ3) is 19.8. The maximum Gasteiger partial charge on any atom is 1.00 e. The standard InChI is InChI=1S/C32H54O7S.Na/c1-3-5-6-7-8-9-10-11-12-13-14-15-16-17-18-19-20-23-26-38-31(33)29-24-21-22-25-30(29)32(34)39-27-28(4-2)40(35,36)37;/h21-22,24-25,28H,3-20,23,26-27H2,1-2H3,(H,35,36,37);/q;+1/p-1. The van der Waals surface area contributed by atoms with Crippen molar-refractivity contribution in [2.45, 2.75) is 141 Å². The molecule has 0 spiro atoms. The van der Waals surface area contributed by atoms with Crippen LogP contribution in [0.1, 0.15) is 157 Å². The summed E-state index contributed by atoms with van der Waals surface area (Å²) in [5.41, 5.74) is 0.0522. The van der Waals surface area contributed by atoms with Crippen LogP contribution < -0.4 is 29.6 Å². The van der Waals surface area contributed by atoms with Crippen LogP contribution in [-0.2, 0) is 19.6 Å². The van der Waals surface area contributed by atoms with Gasteiger partial charge in [0.25, 0.3) is 0 Å². The first-order chi connectivity index (χ1) is 19.3. The molecule has 9 heteroatoms. The Morgan fingerprint density at radius 3 is 1.39 bits per heavy atom. The van der Waals surface area contributed by atoms with E-state index >= 15 is 0 Å². The number of rotatable bonds is 25. The molecule has 0 heterocycles. The molecule has 0 aliphatic carbocycles. The molecule has 0 amide bonds. The van der Waals surface area contributed by atoms with Crippen LogP contribution in [0.4, 0.5) is 0 Å². The Bertz CT molecular complexity index is 920. The topological polar surface area (TPSA) is 110 Å². The quantitative estimate of drug-likeness (QED) is 0.0639. The minimum Gasteiger partial charge on any atom is -0.748 e. The molecule has 0 aromatic heterocycles. The Hall–Kier alpha value is -0.930. The van der Waals surface area contributed by atoms with Crippen LogP contribution in [0.3, 0.4) is 0 Å². The molecule has 1 atom stereocenters. The maximum absolute atomic E-state index is 12.5. The Kier molecular flexibility index (Phi) is 25.0. The van der Waals surface area contributed by atoms with Gasteiger partial charge in [-0.2, -0.15) is 0 Å². The zero-order valence-corrected chi connectivity index (χ0v) is 28.8. The van der Waals surface area contributed by atoms with Crippen LogP contribution in [0, 0.1) is 0 Å². The van der Waals surface area contributed by atoms with E-state index in [-0.39, 0.29) is 53.7 Å². The minimum absolute atomic E-state index is 0. The second-order valence-electron chi connectivity index (χ2n) is 10.8. The third-order valence-electron chi connectivity index (χ3n) is 7.36. The van der Waals surface area contributed by atoms with Gasteiger partial charge in [0.1, 0.15) is 16.7 Å². The van der Waals surface area contributed by atoms with E-state index in [4.69, 9.17) is 9.47 Å². The van der Waals surface area contributed by atoms with Crippen molar-refractivity contribution in [2.24, 2.45) is 0 Å². The van der Waals surface area contributed by atoms with Gasteiger partial charge in [0.05, 0.1) is 23.0 Å². The number of hydrogen-bond acceptors (Lipinski definition) is 7. The first kappa shape index (κ1) is 40.1. The van der Waals surface area contributed by atoms with Gasteiger partial charge in [-0.05, 0) is 25.0 Å². The fourth-order valence-corrected chi connectivity index (χ4v) is 5.38. The number of ether oxygens (including phenoxy) is 2. The molecule has 1 unspecified atom stereocenters. The largest absolute Gasteiger partial charge is 1.00 e. The molecular formula is C32H53NaO7S. The Labute approximate surface area is 272 Å². The summed E-state index contributed by atoms with van der Waals surface area (Å²) in [7, 11) is -4.57. The zero-order chi connectivity index (χ0) is 29.5. The number of hydrogen-bond donors (Lipinski definition) is 0. The van der Waals surface area contributed by atoms with Gasteiger partial charge in [0, 0.05) is 0 Å². The molecule has 1 aromatic carbocycles. The summed E-state index contributed by atoms with van der Waals surface area (Å²) in [6, 6.07) is 6.07. The second kappa shape index (κ2) is 25.6. The number of carbonyl (C=O) groups excluding carboxylic acids is 2. The summed E-state index contributed by atoms with van der Waals surface area (Å²) < 4.78 is 44.0. The number of esters is 2. The normalized spacial score (nSPS) is 12.0. The molecule has 0 fully saturated rings. The summed E-state index contributed by atoms with van der Waals surface area (Å²) in [6.45, 7) is 3.51. The molecule has 41 heavy (non-hydrogen) atoms. The molecule has 230 valence electrons. The Morgan fingerprint density at radius 1 is 0.659 bits per heavy atom. The summed E-state index contributed by atoms with van der Waals surface area (Å²) >= 11 is 0. The van der Waals surface area contributed by atoms with Gasteiger partial charge in [0.2, 0.25) is 0 Å². The predicted molar refractivity (Wildman–Crippen MR) is 160 cm³/mol. The molecular weight excluding hydrogens is 551 g/mol. The van der Waals surface area contributed by atoms with Gasteiger partial charge in [-0.3, -0.25) is 0 Å². The monoisotopic (exact) mass is 604 g/mol. The maximum atomic E-state index is 12.5. The van der Waals surface area contributed by atoms with E-state index in [9.17, 15) is 22.6 Å². The van der Waals surface area contributed by atoms with Crippen LogP contribution >= 0.6 is 0 Å². The average Bonchev–Trinajstić information content (AvgIpc) is 2.93. The average molecular weight is 605 g/mol. The van der Waals surface area contributed by atoms with Crippen molar-refractivity contribution in [1.82, 2.24) is 0 Å². The van der Waals surface area contributed by atoms with E-state index in [1.54, 1.807) is 12.1 Å². The van der Waals surface area contributed by atoms with E-state index in [1.165, 1.54) is 115 Å². The van der Waals surface area contributed by atoms with Gasteiger partial charge in [0.15, 0.2) is 0 Å². The van der Waals surface area contributed by atoms with E-state index in [1.807, 2.05) is 0 Å². The molecule has 1 rings (SSSR count). The smallest absolute Gasteiger partial charge is 0.748 e. The van der Waals surface area contributed by atoms with Crippen molar-refractivity contribution in [3.05, 3.63) is 35.4 Å². The fraction of sp³-hybridized carbons (Fsp3) is 0.750. The minimum atomic E-state index is -4.57. The SMILES string of the molecule is CCCCCCCCCCCCCCCCCCCCOC(=O)c1ccccc1C(=O)OCC(CC)S(=O)(=O)[O-].[Na+]. The first-order valence-corrected chi connectivity index (χ1v) is 17.2. The molecule has 0 aliphatic heterocycles. The number of unbranched alkanes of at least 4 members (excludes halogenated alkanes) is 17. The molecule has 0 N–H and O–H groups in total. The van der Waals surface area contributed by atoms with Crippen LogP contribution in [0.2, 0.25) is 0 Å². The molecule has 0 saturated carbocycles. The van der Waals surface area contributed by atoms with Crippen molar-refractivity contribution < 1.29 is 61.6 Å². The van der Waals surface area contributed by atoms with E-state index in [0.717, 1.165) is 19.3 Å². The number of benzene rings is 1. The van der Waals surface area contributed by atoms with Crippen molar-refractivity contribution in [1.29, 1.82) is 0 Å². The fourth-order valence-electron chi connectivity index (χ4n) is 4.74. The van der Waals surface area contributed by atoms with Crippen LogP contribution in [0.5, 0.6) is 0 Å². The van der Waals surface area contributed by atoms with Gasteiger partial charge in [-0.1, -0.05) is 135 Å². The summed E-state index contributed by atoms with van der Waals surface area (Å²) in [5, 5.41) is -1.32. The van der Waals surface area contributed by atoms with E-state index in [0.29, 0.717) is 0 Å². The van der Waals surface area contributed by atoms with Crippen molar-refractivity contribution in [3.63, 3.8) is 0 Å². The summed E-state index contributed by atoms with van der Waals surface area (Å²) in [4.78, 5) is 25.0. The second-order valence-corrected chi connectivity index (χ2v) is 12.5. The summed E-state index contributed by atoms with van der Waals surface area (Å²) in [6.07, 6.45) is 23.2. The van der Waals surface area contributed by atoms with Gasteiger partial charge < -0.3 is 14.0 Å². The van der Waals surface area contributed by atoms with E-state index in [2.05, 4.69) is 6.92 Å². The van der Waals surface area contributed by atoms with Gasteiger partial charge >= 0.3 is 41.5 Å². The third-order valence-corrected chi connectivity index (χ3v) is 8.65. The molecule has 0 bridgehead atoms. The summed E-state index contributed by atoms with van der Waals surface area (Å²) in [5.74, 6) is -1.48. The van der Waals surface area contributed by atoms with Crippen molar-refractivity contribution in [2.75, 3.05) is 13.2 Å². The molecule has 0 saturated heterocycles. The first-order valence-electron chi connectivity index (χ1n) is 15.7. The van der Waals surface area contributed by atoms with Crippen molar-refractivity contribution in [3.8, 4) is 0 Å². The molecule has 1 aromatic rings. The molecule has 0 radical (unpaired) electrons.